The summed E-state index contributed by atoms with van der Waals surface area (Å²) in [5, 5.41) is 0. The third-order valence-corrected chi connectivity index (χ3v) is 4.01. The summed E-state index contributed by atoms with van der Waals surface area (Å²) in [5.74, 6) is 0.848. The van der Waals surface area contributed by atoms with E-state index in [4.69, 9.17) is 4.74 Å². The first-order chi connectivity index (χ1) is 11.3. The highest BCUT2D eigenvalue weighted by Gasteiger charge is 1.97. The van der Waals surface area contributed by atoms with E-state index >= 15 is 0 Å². The Morgan fingerprint density at radius 1 is 0.870 bits per heavy atom. The molecular weight excluding hydrogens is 397 g/mol. The molecule has 3 aromatic carbocycles. The zero-order valence-electron chi connectivity index (χ0n) is 12.5. The Kier molecular flexibility index (Phi) is 5.42. The molecule has 0 amide bonds. The lowest BCUT2D eigenvalue weighted by Crippen LogP contribution is -1.95. The van der Waals surface area contributed by atoms with E-state index in [9.17, 15) is 0 Å². The van der Waals surface area contributed by atoms with Crippen LogP contribution >= 0.6 is 22.6 Å². The van der Waals surface area contributed by atoms with Gasteiger partial charge in [-0.1, -0.05) is 42.5 Å². The van der Waals surface area contributed by atoms with Crippen LogP contribution in [0.25, 0.3) is 0 Å². The van der Waals surface area contributed by atoms with Gasteiger partial charge in [0.1, 0.15) is 12.4 Å². The topological polar surface area (TPSA) is 21.6 Å². The van der Waals surface area contributed by atoms with Crippen LogP contribution in [0.5, 0.6) is 5.75 Å². The van der Waals surface area contributed by atoms with E-state index in [1.807, 2.05) is 72.9 Å². The van der Waals surface area contributed by atoms with Gasteiger partial charge in [-0.25, -0.2) is 0 Å². The maximum absolute atomic E-state index is 5.84. The van der Waals surface area contributed by atoms with E-state index in [0.29, 0.717) is 6.61 Å². The van der Waals surface area contributed by atoms with Crippen LogP contribution in [0, 0.1) is 3.57 Å². The minimum Gasteiger partial charge on any atom is -0.489 e. The lowest BCUT2D eigenvalue weighted by molar-refractivity contribution is 0.306. The molecule has 0 aliphatic rings. The van der Waals surface area contributed by atoms with Crippen molar-refractivity contribution in [1.82, 2.24) is 0 Å². The molecule has 2 nitrogen and oxygen atoms in total. The average Bonchev–Trinajstić information content (AvgIpc) is 2.61. The first kappa shape index (κ1) is 15.7. The third kappa shape index (κ3) is 4.93. The maximum Gasteiger partial charge on any atom is 0.120 e. The summed E-state index contributed by atoms with van der Waals surface area (Å²) >= 11 is 2.29. The molecule has 3 heteroatoms. The highest BCUT2D eigenvalue weighted by Crippen LogP contribution is 2.17. The first-order valence-corrected chi connectivity index (χ1v) is 8.44. The molecular formula is C20H16INO. The van der Waals surface area contributed by atoms with E-state index in [-0.39, 0.29) is 0 Å². The summed E-state index contributed by atoms with van der Waals surface area (Å²) in [6.45, 7) is 0.568. The Bertz CT molecular complexity index is 782. The van der Waals surface area contributed by atoms with Gasteiger partial charge in [-0.2, -0.15) is 0 Å². The normalized spacial score (nSPS) is 10.8. The van der Waals surface area contributed by atoms with E-state index in [1.165, 1.54) is 3.57 Å². The largest absolute Gasteiger partial charge is 0.489 e. The van der Waals surface area contributed by atoms with Crippen molar-refractivity contribution in [2.45, 2.75) is 6.61 Å². The molecule has 0 unspecified atom stereocenters. The lowest BCUT2D eigenvalue weighted by atomic mass is 10.2. The van der Waals surface area contributed by atoms with Crippen molar-refractivity contribution in [2.24, 2.45) is 4.99 Å². The van der Waals surface area contributed by atoms with Crippen LogP contribution in [0.2, 0.25) is 0 Å². The van der Waals surface area contributed by atoms with Gasteiger partial charge >= 0.3 is 0 Å². The molecule has 0 aromatic heterocycles. The quantitative estimate of drug-likeness (QED) is 0.393. The summed E-state index contributed by atoms with van der Waals surface area (Å²) in [5.41, 5.74) is 3.13. The molecule has 0 radical (unpaired) electrons. The molecule has 23 heavy (non-hydrogen) atoms. The van der Waals surface area contributed by atoms with Gasteiger partial charge in [0.2, 0.25) is 0 Å². The second-order valence-electron chi connectivity index (χ2n) is 5.08. The molecule has 0 aliphatic carbocycles. The molecule has 0 saturated carbocycles. The van der Waals surface area contributed by atoms with E-state index in [0.717, 1.165) is 22.6 Å². The molecule has 0 heterocycles. The Balaban J connectivity index is 1.66. The molecule has 0 bridgehead atoms. The molecule has 0 atom stereocenters. The molecule has 0 N–H and O–H groups in total. The van der Waals surface area contributed by atoms with Gasteiger partial charge in [0.05, 0.1) is 5.69 Å². The fraction of sp³-hybridized carbons (Fsp3) is 0.0500. The number of hydrogen-bond acceptors (Lipinski definition) is 2. The van der Waals surface area contributed by atoms with Crippen molar-refractivity contribution < 1.29 is 4.74 Å². The summed E-state index contributed by atoms with van der Waals surface area (Å²) in [4.78, 5) is 4.49. The molecule has 0 spiro atoms. The zero-order chi connectivity index (χ0) is 15.9. The van der Waals surface area contributed by atoms with Gasteiger partial charge in [-0.05, 0) is 70.1 Å². The van der Waals surface area contributed by atoms with Gasteiger partial charge in [0.15, 0.2) is 0 Å². The second kappa shape index (κ2) is 7.92. The lowest BCUT2D eigenvalue weighted by Gasteiger charge is -2.06. The van der Waals surface area contributed by atoms with Crippen LogP contribution in [0.4, 0.5) is 5.69 Å². The van der Waals surface area contributed by atoms with Crippen molar-refractivity contribution in [3.8, 4) is 5.75 Å². The van der Waals surface area contributed by atoms with Crippen molar-refractivity contribution in [3.63, 3.8) is 0 Å². The van der Waals surface area contributed by atoms with Crippen LogP contribution in [0.1, 0.15) is 11.1 Å². The van der Waals surface area contributed by atoms with Crippen LogP contribution in [-0.2, 0) is 6.61 Å². The Hall–Kier alpha value is -2.14. The molecule has 3 aromatic rings. The monoisotopic (exact) mass is 413 g/mol. The summed E-state index contributed by atoms with van der Waals surface area (Å²) in [6, 6.07) is 26.2. The fourth-order valence-corrected chi connectivity index (χ4v) is 2.46. The van der Waals surface area contributed by atoms with Crippen molar-refractivity contribution in [3.05, 3.63) is 93.6 Å². The number of aliphatic imine (C=N–C) groups is 1. The Morgan fingerprint density at radius 2 is 1.65 bits per heavy atom. The van der Waals surface area contributed by atoms with Gasteiger partial charge in [0.25, 0.3) is 0 Å². The number of benzene rings is 3. The SMILES string of the molecule is Ic1ccc(N=Cc2cccc(OCc3ccccc3)c2)cc1. The van der Waals surface area contributed by atoms with E-state index in [2.05, 4.69) is 39.7 Å². The predicted molar refractivity (Wildman–Crippen MR) is 104 cm³/mol. The number of halogens is 1. The van der Waals surface area contributed by atoms with Gasteiger partial charge in [-0.3, -0.25) is 4.99 Å². The van der Waals surface area contributed by atoms with Crippen molar-refractivity contribution >= 4 is 34.5 Å². The van der Waals surface area contributed by atoms with Gasteiger partial charge in [-0.15, -0.1) is 0 Å². The average molecular weight is 413 g/mol. The third-order valence-electron chi connectivity index (χ3n) is 3.30. The second-order valence-corrected chi connectivity index (χ2v) is 6.33. The number of rotatable bonds is 5. The summed E-state index contributed by atoms with van der Waals surface area (Å²) in [7, 11) is 0. The number of hydrogen-bond donors (Lipinski definition) is 0. The molecule has 0 aliphatic heterocycles. The van der Waals surface area contributed by atoms with Crippen LogP contribution in [0.3, 0.4) is 0 Å². The first-order valence-electron chi connectivity index (χ1n) is 7.36. The Labute approximate surface area is 150 Å². The van der Waals surface area contributed by atoms with E-state index < -0.39 is 0 Å². The molecule has 3 rings (SSSR count). The number of ether oxygens (including phenoxy) is 1. The predicted octanol–water partition coefficient (Wildman–Crippen LogP) is 5.62. The summed E-state index contributed by atoms with van der Waals surface area (Å²) in [6.07, 6.45) is 1.86. The highest BCUT2D eigenvalue weighted by molar-refractivity contribution is 14.1. The van der Waals surface area contributed by atoms with Crippen LogP contribution in [0.15, 0.2) is 83.9 Å². The minimum atomic E-state index is 0.568. The molecule has 0 fully saturated rings. The zero-order valence-corrected chi connectivity index (χ0v) is 14.7. The Morgan fingerprint density at radius 3 is 2.43 bits per heavy atom. The summed E-state index contributed by atoms with van der Waals surface area (Å²) < 4.78 is 7.04. The molecule has 114 valence electrons. The van der Waals surface area contributed by atoms with Crippen LogP contribution in [-0.4, -0.2) is 6.21 Å². The smallest absolute Gasteiger partial charge is 0.120 e. The minimum absolute atomic E-state index is 0.568. The van der Waals surface area contributed by atoms with Crippen LogP contribution < -0.4 is 4.74 Å². The van der Waals surface area contributed by atoms with Crippen molar-refractivity contribution in [2.75, 3.05) is 0 Å². The fourth-order valence-electron chi connectivity index (χ4n) is 2.10. The van der Waals surface area contributed by atoms with Gasteiger partial charge in [0, 0.05) is 9.78 Å². The maximum atomic E-state index is 5.84. The number of nitrogens with zero attached hydrogens (tertiary/aromatic N) is 1. The van der Waals surface area contributed by atoms with E-state index in [1.54, 1.807) is 0 Å². The standard InChI is InChI=1S/C20H16INO/c21-18-9-11-19(12-10-18)22-14-17-7-4-8-20(13-17)23-15-16-5-2-1-3-6-16/h1-14H,15H2. The molecule has 0 saturated heterocycles. The van der Waals surface area contributed by atoms with Crippen molar-refractivity contribution in [1.29, 1.82) is 0 Å². The highest BCUT2D eigenvalue weighted by atomic mass is 127. The van der Waals surface area contributed by atoms with Gasteiger partial charge < -0.3 is 4.74 Å².